The number of nitriles is 1. The zero-order valence-corrected chi connectivity index (χ0v) is 13.6. The Hall–Kier alpha value is -3.73. The highest BCUT2D eigenvalue weighted by Crippen LogP contribution is 2.17. The number of carbonyl (C=O) groups is 2. The third-order valence-electron chi connectivity index (χ3n) is 3.13. The molecule has 0 saturated heterocycles. The van der Waals surface area contributed by atoms with E-state index in [4.69, 9.17) is 5.26 Å². The van der Waals surface area contributed by atoms with Crippen molar-refractivity contribution in [2.24, 2.45) is 0 Å². The van der Waals surface area contributed by atoms with E-state index in [0.29, 0.717) is 11.4 Å². The molecule has 2 rings (SSSR count). The molecule has 2 aromatic carbocycles. The molecule has 6 nitrogen and oxygen atoms in total. The van der Waals surface area contributed by atoms with Crippen molar-refractivity contribution in [1.29, 1.82) is 5.26 Å². The normalized spacial score (nSPS) is 10.6. The summed E-state index contributed by atoms with van der Waals surface area (Å²) in [7, 11) is 0. The number of anilines is 3. The van der Waals surface area contributed by atoms with E-state index in [1.165, 1.54) is 19.1 Å². The Morgan fingerprint density at radius 3 is 2.23 bits per heavy atom. The van der Waals surface area contributed by atoms with Gasteiger partial charge in [-0.15, -0.1) is 0 Å². The molecule has 2 aromatic rings. The molecule has 0 atom stereocenters. The smallest absolute Gasteiger partial charge is 0.267 e. The lowest BCUT2D eigenvalue weighted by atomic mass is 10.2. The summed E-state index contributed by atoms with van der Waals surface area (Å²) in [4.78, 5) is 23.1. The molecular formula is C18H14F2N4O2. The summed E-state index contributed by atoms with van der Waals surface area (Å²) < 4.78 is 26.6. The second kappa shape index (κ2) is 8.39. The fraction of sp³-hybridized carbons (Fsp3) is 0.0556. The van der Waals surface area contributed by atoms with Gasteiger partial charge in [-0.2, -0.15) is 5.26 Å². The van der Waals surface area contributed by atoms with Gasteiger partial charge in [0.2, 0.25) is 5.91 Å². The second-order valence-electron chi connectivity index (χ2n) is 5.15. The Morgan fingerprint density at radius 2 is 1.65 bits per heavy atom. The van der Waals surface area contributed by atoms with Crippen molar-refractivity contribution in [3.63, 3.8) is 0 Å². The first-order chi connectivity index (χ1) is 12.4. The highest BCUT2D eigenvalue weighted by Gasteiger charge is 2.10. The minimum Gasteiger partial charge on any atom is -0.358 e. The van der Waals surface area contributed by atoms with Crippen molar-refractivity contribution in [2.45, 2.75) is 6.92 Å². The third kappa shape index (κ3) is 5.14. The second-order valence-corrected chi connectivity index (χ2v) is 5.15. The van der Waals surface area contributed by atoms with Gasteiger partial charge < -0.3 is 16.0 Å². The molecule has 2 amide bonds. The lowest BCUT2D eigenvalue weighted by Gasteiger charge is -2.07. The number of rotatable bonds is 5. The number of nitrogens with one attached hydrogen (secondary N) is 3. The number of benzene rings is 2. The van der Waals surface area contributed by atoms with Gasteiger partial charge in [0.1, 0.15) is 23.3 Å². The lowest BCUT2D eigenvalue weighted by Crippen LogP contribution is -2.14. The minimum absolute atomic E-state index is 0.204. The Bertz CT molecular complexity index is 902. The molecule has 8 heteroatoms. The number of amides is 2. The highest BCUT2D eigenvalue weighted by atomic mass is 19.1. The van der Waals surface area contributed by atoms with Gasteiger partial charge in [0.15, 0.2) is 0 Å². The van der Waals surface area contributed by atoms with E-state index in [1.807, 2.05) is 0 Å². The van der Waals surface area contributed by atoms with Gasteiger partial charge in [0.05, 0.1) is 5.69 Å². The molecule has 0 spiro atoms. The molecule has 0 aromatic heterocycles. The number of nitrogens with zero attached hydrogens (tertiary/aromatic N) is 1. The van der Waals surface area contributed by atoms with Crippen molar-refractivity contribution in [3.8, 4) is 6.07 Å². The van der Waals surface area contributed by atoms with Crippen molar-refractivity contribution in [1.82, 2.24) is 0 Å². The Morgan fingerprint density at radius 1 is 1.04 bits per heavy atom. The Kier molecular flexibility index (Phi) is 6.01. The van der Waals surface area contributed by atoms with Crippen molar-refractivity contribution < 1.29 is 18.4 Å². The van der Waals surface area contributed by atoms with Crippen LogP contribution >= 0.6 is 0 Å². The molecule has 0 fully saturated rings. The zero-order valence-electron chi connectivity index (χ0n) is 13.6. The molecule has 0 unspecified atom stereocenters. The Balaban J connectivity index is 2.07. The van der Waals surface area contributed by atoms with Gasteiger partial charge >= 0.3 is 0 Å². The van der Waals surface area contributed by atoms with Gasteiger partial charge in [-0.05, 0) is 36.4 Å². The van der Waals surface area contributed by atoms with Crippen LogP contribution in [0, 0.1) is 23.0 Å². The van der Waals surface area contributed by atoms with Crippen LogP contribution in [0.15, 0.2) is 54.2 Å². The van der Waals surface area contributed by atoms with Crippen LogP contribution in [0.3, 0.4) is 0 Å². The SMILES string of the molecule is CC(=O)Nc1ccc(NC(=O)/C(C#N)=C\Nc2cc(F)ccc2F)cc1. The van der Waals surface area contributed by atoms with E-state index >= 15 is 0 Å². The quantitative estimate of drug-likeness (QED) is 0.565. The maximum atomic E-state index is 13.5. The summed E-state index contributed by atoms with van der Waals surface area (Å²) in [5.74, 6) is -2.35. The predicted octanol–water partition coefficient (Wildman–Crippen LogP) is 3.38. The van der Waals surface area contributed by atoms with Crippen molar-refractivity contribution >= 4 is 28.9 Å². The third-order valence-corrected chi connectivity index (χ3v) is 3.13. The molecule has 3 N–H and O–H groups in total. The van der Waals surface area contributed by atoms with Crippen LogP contribution in [0.1, 0.15) is 6.92 Å². The summed E-state index contributed by atoms with van der Waals surface area (Å²) >= 11 is 0. The van der Waals surface area contributed by atoms with E-state index in [1.54, 1.807) is 18.2 Å². The van der Waals surface area contributed by atoms with E-state index in [0.717, 1.165) is 24.4 Å². The molecule has 0 heterocycles. The van der Waals surface area contributed by atoms with Gasteiger partial charge in [0, 0.05) is 30.6 Å². The minimum atomic E-state index is -0.732. The van der Waals surface area contributed by atoms with Crippen LogP contribution in [0.25, 0.3) is 0 Å². The highest BCUT2D eigenvalue weighted by molar-refractivity contribution is 6.06. The van der Waals surface area contributed by atoms with Gasteiger partial charge in [0.25, 0.3) is 5.91 Å². The number of hydrogen-bond donors (Lipinski definition) is 3. The zero-order chi connectivity index (χ0) is 19.1. The molecule has 0 saturated carbocycles. The summed E-state index contributed by atoms with van der Waals surface area (Å²) in [6.07, 6.45) is 0.985. The molecular weight excluding hydrogens is 342 g/mol. The van der Waals surface area contributed by atoms with E-state index in [2.05, 4.69) is 16.0 Å². The maximum absolute atomic E-state index is 13.5. The van der Waals surface area contributed by atoms with Crippen LogP contribution < -0.4 is 16.0 Å². The van der Waals surface area contributed by atoms with E-state index in [9.17, 15) is 18.4 Å². The molecule has 0 aliphatic rings. The standard InChI is InChI=1S/C18H14F2N4O2/c1-11(25)23-14-3-5-15(6-4-14)24-18(26)12(9-21)10-22-17-8-13(19)2-7-16(17)20/h2-8,10,22H,1H3,(H,23,25)(H,24,26)/b12-10-. The molecule has 0 radical (unpaired) electrons. The lowest BCUT2D eigenvalue weighted by molar-refractivity contribution is -0.114. The van der Waals surface area contributed by atoms with Crippen LogP contribution in [0.2, 0.25) is 0 Å². The van der Waals surface area contributed by atoms with Crippen LogP contribution in [-0.2, 0) is 9.59 Å². The molecule has 0 bridgehead atoms. The summed E-state index contributed by atoms with van der Waals surface area (Å²) in [6, 6.07) is 10.7. The number of carbonyl (C=O) groups excluding carboxylic acids is 2. The van der Waals surface area contributed by atoms with Gasteiger partial charge in [-0.3, -0.25) is 9.59 Å². The molecule has 132 valence electrons. The number of hydrogen-bond acceptors (Lipinski definition) is 4. The summed E-state index contributed by atoms with van der Waals surface area (Å²) in [5, 5.41) is 16.5. The van der Waals surface area contributed by atoms with Gasteiger partial charge in [-0.1, -0.05) is 0 Å². The van der Waals surface area contributed by atoms with E-state index in [-0.39, 0.29) is 17.2 Å². The van der Waals surface area contributed by atoms with E-state index < -0.39 is 17.5 Å². The average molecular weight is 356 g/mol. The molecule has 0 aliphatic carbocycles. The fourth-order valence-electron chi connectivity index (χ4n) is 1.95. The van der Waals surface area contributed by atoms with Gasteiger partial charge in [-0.25, -0.2) is 8.78 Å². The summed E-state index contributed by atoms with van der Waals surface area (Å²) in [5.41, 5.74) is 0.404. The first kappa shape index (κ1) is 18.6. The first-order valence-electron chi connectivity index (χ1n) is 7.40. The number of halogens is 2. The summed E-state index contributed by atoms with van der Waals surface area (Å²) in [6.45, 7) is 1.37. The monoisotopic (exact) mass is 356 g/mol. The van der Waals surface area contributed by atoms with Crippen LogP contribution in [-0.4, -0.2) is 11.8 Å². The van der Waals surface area contributed by atoms with Crippen LogP contribution in [0.5, 0.6) is 0 Å². The average Bonchev–Trinajstić information content (AvgIpc) is 2.59. The first-order valence-corrected chi connectivity index (χ1v) is 7.40. The largest absolute Gasteiger partial charge is 0.358 e. The van der Waals surface area contributed by atoms with Crippen LogP contribution in [0.4, 0.5) is 25.8 Å². The molecule has 26 heavy (non-hydrogen) atoms. The predicted molar refractivity (Wildman–Crippen MR) is 93.1 cm³/mol. The topological polar surface area (TPSA) is 94.0 Å². The fourth-order valence-corrected chi connectivity index (χ4v) is 1.95. The van der Waals surface area contributed by atoms with Crippen molar-refractivity contribution in [2.75, 3.05) is 16.0 Å². The Labute approximate surface area is 148 Å². The molecule has 0 aliphatic heterocycles. The van der Waals surface area contributed by atoms with Crippen molar-refractivity contribution in [3.05, 3.63) is 65.9 Å². The maximum Gasteiger partial charge on any atom is 0.267 e.